The summed E-state index contributed by atoms with van der Waals surface area (Å²) < 4.78 is 0. The van der Waals surface area contributed by atoms with Crippen LogP contribution in [0.5, 0.6) is 0 Å². The summed E-state index contributed by atoms with van der Waals surface area (Å²) in [5.41, 5.74) is 5.38. The third kappa shape index (κ3) is 1.72. The Morgan fingerprint density at radius 2 is 1.80 bits per heavy atom. The van der Waals surface area contributed by atoms with Crippen LogP contribution in [-0.4, -0.2) is 9.97 Å². The van der Waals surface area contributed by atoms with E-state index in [1.165, 1.54) is 5.56 Å². The molecule has 0 aliphatic carbocycles. The molecule has 1 aromatic carbocycles. The molecule has 0 saturated carbocycles. The zero-order valence-corrected chi connectivity index (χ0v) is 9.70. The first-order chi connectivity index (χ1) is 7.09. The number of rotatable bonds is 1. The molecule has 2 heteroatoms. The number of fused-ring (bicyclic) bond motifs is 1. The Kier molecular flexibility index (Phi) is 2.43. The summed E-state index contributed by atoms with van der Waals surface area (Å²) in [6, 6.07) is 6.14. The second kappa shape index (κ2) is 3.61. The minimum atomic E-state index is 0.433. The van der Waals surface area contributed by atoms with E-state index in [-0.39, 0.29) is 0 Å². The normalized spacial score (nSPS) is 11.3. The fourth-order valence-corrected chi connectivity index (χ4v) is 1.86. The average Bonchev–Trinajstić information content (AvgIpc) is 2.18. The van der Waals surface area contributed by atoms with E-state index in [0.717, 1.165) is 22.4 Å². The Labute approximate surface area is 90.4 Å². The molecule has 2 nitrogen and oxygen atoms in total. The predicted octanol–water partition coefficient (Wildman–Crippen LogP) is 3.37. The molecule has 0 bridgehead atoms. The topological polar surface area (TPSA) is 25.8 Å². The number of nitrogens with zero attached hydrogens (tertiary/aromatic N) is 2. The molecule has 0 saturated heterocycles. The molecule has 0 amide bonds. The Morgan fingerprint density at radius 3 is 2.47 bits per heavy atom. The van der Waals surface area contributed by atoms with Crippen LogP contribution in [0.15, 0.2) is 18.2 Å². The van der Waals surface area contributed by atoms with Gasteiger partial charge in [0, 0.05) is 0 Å². The molecule has 1 heterocycles. The molecular weight excluding hydrogens is 184 g/mol. The van der Waals surface area contributed by atoms with E-state index >= 15 is 0 Å². The summed E-state index contributed by atoms with van der Waals surface area (Å²) in [6.07, 6.45) is 0. The highest BCUT2D eigenvalue weighted by molar-refractivity contribution is 5.78. The van der Waals surface area contributed by atoms with E-state index in [1.54, 1.807) is 0 Å². The Hall–Kier alpha value is -1.44. The molecule has 0 N–H and O–H groups in total. The van der Waals surface area contributed by atoms with Crippen LogP contribution in [0.3, 0.4) is 0 Å². The van der Waals surface area contributed by atoms with Crippen LogP contribution in [0.4, 0.5) is 0 Å². The average molecular weight is 200 g/mol. The first kappa shape index (κ1) is 10.1. The van der Waals surface area contributed by atoms with E-state index in [4.69, 9.17) is 0 Å². The minimum Gasteiger partial charge on any atom is -0.249 e. The number of aryl methyl sites for hydroxylation is 2. The number of benzene rings is 1. The number of hydrogen-bond donors (Lipinski definition) is 0. The smallest absolute Gasteiger partial charge is 0.0919 e. The van der Waals surface area contributed by atoms with Crippen molar-refractivity contribution in [2.24, 2.45) is 0 Å². The van der Waals surface area contributed by atoms with Gasteiger partial charge < -0.3 is 0 Å². The van der Waals surface area contributed by atoms with Crippen molar-refractivity contribution < 1.29 is 0 Å². The first-order valence-corrected chi connectivity index (χ1v) is 5.33. The molecule has 0 spiro atoms. The summed E-state index contributed by atoms with van der Waals surface area (Å²) in [7, 11) is 0. The van der Waals surface area contributed by atoms with Gasteiger partial charge in [-0.05, 0) is 31.4 Å². The summed E-state index contributed by atoms with van der Waals surface area (Å²) in [5, 5.41) is 0. The summed E-state index contributed by atoms with van der Waals surface area (Å²) in [6.45, 7) is 8.41. The lowest BCUT2D eigenvalue weighted by Gasteiger charge is -2.10. The van der Waals surface area contributed by atoms with Gasteiger partial charge >= 0.3 is 0 Å². The Bertz CT molecular complexity index is 501. The van der Waals surface area contributed by atoms with Gasteiger partial charge in [0.05, 0.1) is 22.4 Å². The second-order valence-corrected chi connectivity index (χ2v) is 4.29. The van der Waals surface area contributed by atoms with Gasteiger partial charge in [0.15, 0.2) is 0 Å². The van der Waals surface area contributed by atoms with Crippen molar-refractivity contribution >= 4 is 11.0 Å². The summed E-state index contributed by atoms with van der Waals surface area (Å²) >= 11 is 0. The van der Waals surface area contributed by atoms with Gasteiger partial charge in [-0.15, -0.1) is 0 Å². The van der Waals surface area contributed by atoms with Crippen molar-refractivity contribution in [3.05, 3.63) is 35.2 Å². The van der Waals surface area contributed by atoms with Crippen LogP contribution in [0.2, 0.25) is 0 Å². The molecule has 2 rings (SSSR count). The van der Waals surface area contributed by atoms with E-state index < -0.39 is 0 Å². The lowest BCUT2D eigenvalue weighted by atomic mass is 10.1. The summed E-state index contributed by atoms with van der Waals surface area (Å²) in [4.78, 5) is 9.31. The van der Waals surface area contributed by atoms with E-state index in [2.05, 4.69) is 36.8 Å². The molecule has 78 valence electrons. The van der Waals surface area contributed by atoms with Crippen molar-refractivity contribution in [3.63, 3.8) is 0 Å². The number of aromatic nitrogens is 2. The van der Waals surface area contributed by atoms with Crippen LogP contribution in [0, 0.1) is 13.8 Å². The van der Waals surface area contributed by atoms with E-state index in [9.17, 15) is 0 Å². The van der Waals surface area contributed by atoms with Gasteiger partial charge in [0.25, 0.3) is 0 Å². The molecule has 0 aliphatic heterocycles. The zero-order chi connectivity index (χ0) is 11.0. The fraction of sp³-hybridized carbons (Fsp3) is 0.385. The minimum absolute atomic E-state index is 0.433. The maximum atomic E-state index is 4.67. The lowest BCUT2D eigenvalue weighted by molar-refractivity contribution is 0.806. The van der Waals surface area contributed by atoms with Crippen LogP contribution in [0.1, 0.15) is 36.7 Å². The van der Waals surface area contributed by atoms with Crippen LogP contribution in [0.25, 0.3) is 11.0 Å². The maximum absolute atomic E-state index is 4.67. The van der Waals surface area contributed by atoms with E-state index in [1.807, 2.05) is 19.1 Å². The monoisotopic (exact) mass is 200 g/mol. The van der Waals surface area contributed by atoms with Gasteiger partial charge in [-0.25, -0.2) is 9.97 Å². The van der Waals surface area contributed by atoms with Crippen LogP contribution in [-0.2, 0) is 0 Å². The Balaban J connectivity index is 2.76. The standard InChI is InChI=1S/C13H16N2/c1-8(2)12-10(4)14-13-9(3)6-5-7-11(13)15-12/h5-8H,1-4H3. The number of hydrogen-bond acceptors (Lipinski definition) is 2. The van der Waals surface area contributed by atoms with E-state index in [0.29, 0.717) is 5.92 Å². The SMILES string of the molecule is Cc1nc2c(C)cccc2nc1C(C)C. The largest absolute Gasteiger partial charge is 0.249 e. The second-order valence-electron chi connectivity index (χ2n) is 4.29. The zero-order valence-electron chi connectivity index (χ0n) is 9.70. The third-order valence-corrected chi connectivity index (χ3v) is 2.65. The highest BCUT2D eigenvalue weighted by Gasteiger charge is 2.09. The van der Waals surface area contributed by atoms with Gasteiger partial charge in [0.2, 0.25) is 0 Å². The highest BCUT2D eigenvalue weighted by atomic mass is 14.8. The van der Waals surface area contributed by atoms with Gasteiger partial charge in [0.1, 0.15) is 0 Å². The van der Waals surface area contributed by atoms with Crippen molar-refractivity contribution in [1.82, 2.24) is 9.97 Å². The van der Waals surface area contributed by atoms with Gasteiger partial charge in [-0.2, -0.15) is 0 Å². The lowest BCUT2D eigenvalue weighted by Crippen LogP contribution is -2.01. The van der Waals surface area contributed by atoms with Crippen LogP contribution < -0.4 is 0 Å². The first-order valence-electron chi connectivity index (χ1n) is 5.33. The molecule has 0 aliphatic rings. The molecule has 0 atom stereocenters. The molecule has 0 unspecified atom stereocenters. The molecule has 1 aromatic heterocycles. The molecule has 0 fully saturated rings. The van der Waals surface area contributed by atoms with Gasteiger partial charge in [-0.3, -0.25) is 0 Å². The van der Waals surface area contributed by atoms with Crippen molar-refractivity contribution in [3.8, 4) is 0 Å². The third-order valence-electron chi connectivity index (χ3n) is 2.65. The van der Waals surface area contributed by atoms with Crippen molar-refractivity contribution in [2.45, 2.75) is 33.6 Å². The van der Waals surface area contributed by atoms with Crippen LogP contribution >= 0.6 is 0 Å². The molecular formula is C13H16N2. The molecule has 2 aromatic rings. The highest BCUT2D eigenvalue weighted by Crippen LogP contribution is 2.20. The molecule has 15 heavy (non-hydrogen) atoms. The predicted molar refractivity (Wildman–Crippen MR) is 63.1 cm³/mol. The number of para-hydroxylation sites is 1. The van der Waals surface area contributed by atoms with Gasteiger partial charge in [-0.1, -0.05) is 26.0 Å². The summed E-state index contributed by atoms with van der Waals surface area (Å²) in [5.74, 6) is 0.433. The Morgan fingerprint density at radius 1 is 1.07 bits per heavy atom. The quantitative estimate of drug-likeness (QED) is 0.705. The van der Waals surface area contributed by atoms with Crippen molar-refractivity contribution in [2.75, 3.05) is 0 Å². The van der Waals surface area contributed by atoms with Crippen molar-refractivity contribution in [1.29, 1.82) is 0 Å². The molecule has 0 radical (unpaired) electrons. The maximum Gasteiger partial charge on any atom is 0.0919 e. The fourth-order valence-electron chi connectivity index (χ4n) is 1.86.